The van der Waals surface area contributed by atoms with Gasteiger partial charge in [-0.05, 0) is 55.7 Å². The molecule has 3 heteroatoms. The first kappa shape index (κ1) is 13.4. The second-order valence-electron chi connectivity index (χ2n) is 4.68. The molecular weight excluding hydrogens is 246 g/mol. The van der Waals surface area contributed by atoms with Crippen molar-refractivity contribution in [2.75, 3.05) is 0 Å². The molecule has 2 aromatic rings. The Morgan fingerprint density at radius 1 is 0.895 bits per heavy atom. The van der Waals surface area contributed by atoms with E-state index in [1.165, 1.54) is 6.07 Å². The van der Waals surface area contributed by atoms with Gasteiger partial charge in [0.25, 0.3) is 0 Å². The van der Waals surface area contributed by atoms with Crippen molar-refractivity contribution in [3.63, 3.8) is 0 Å². The van der Waals surface area contributed by atoms with E-state index < -0.39 is 23.0 Å². The van der Waals surface area contributed by atoms with Crippen LogP contribution in [0.1, 0.15) is 32.6 Å². The summed E-state index contributed by atoms with van der Waals surface area (Å²) in [6.45, 7) is 5.56. The largest absolute Gasteiger partial charge is 0.288 e. The predicted molar refractivity (Wildman–Crippen MR) is 70.4 cm³/mol. The molecule has 2 rings (SSSR count). The van der Waals surface area contributed by atoms with E-state index in [1.54, 1.807) is 13.0 Å². The van der Waals surface area contributed by atoms with Gasteiger partial charge in [0, 0.05) is 5.56 Å². The molecule has 0 aliphatic carbocycles. The van der Waals surface area contributed by atoms with Gasteiger partial charge >= 0.3 is 0 Å². The van der Waals surface area contributed by atoms with E-state index in [4.69, 9.17) is 0 Å². The standard InChI is InChI=1S/C16H14F2O/c1-9-7-11(3)12(8-10(9)2)16(19)15-13(17)5-4-6-14(15)18/h4-8H,1-3H3. The van der Waals surface area contributed by atoms with Crippen LogP contribution in [0.3, 0.4) is 0 Å². The molecule has 0 bridgehead atoms. The molecule has 0 atom stereocenters. The van der Waals surface area contributed by atoms with Crippen LogP contribution in [-0.4, -0.2) is 5.78 Å². The summed E-state index contributed by atoms with van der Waals surface area (Å²) in [7, 11) is 0. The van der Waals surface area contributed by atoms with E-state index in [2.05, 4.69) is 0 Å². The summed E-state index contributed by atoms with van der Waals surface area (Å²) in [4.78, 5) is 12.3. The maximum absolute atomic E-state index is 13.6. The van der Waals surface area contributed by atoms with Crippen LogP contribution in [0.2, 0.25) is 0 Å². The average Bonchev–Trinajstić information content (AvgIpc) is 2.33. The Morgan fingerprint density at radius 2 is 1.42 bits per heavy atom. The van der Waals surface area contributed by atoms with E-state index in [-0.39, 0.29) is 0 Å². The Balaban J connectivity index is 2.60. The third-order valence-corrected chi connectivity index (χ3v) is 3.28. The normalized spacial score (nSPS) is 10.6. The number of hydrogen-bond donors (Lipinski definition) is 0. The molecule has 0 radical (unpaired) electrons. The third-order valence-electron chi connectivity index (χ3n) is 3.28. The van der Waals surface area contributed by atoms with Crippen LogP contribution in [-0.2, 0) is 0 Å². The summed E-state index contributed by atoms with van der Waals surface area (Å²) in [6, 6.07) is 6.95. The van der Waals surface area contributed by atoms with E-state index in [1.807, 2.05) is 19.9 Å². The minimum absolute atomic E-state index is 0.340. The van der Waals surface area contributed by atoms with Crippen LogP contribution in [0.25, 0.3) is 0 Å². The van der Waals surface area contributed by atoms with Gasteiger partial charge in [-0.2, -0.15) is 0 Å². The molecule has 0 aliphatic rings. The first-order valence-corrected chi connectivity index (χ1v) is 5.98. The smallest absolute Gasteiger partial charge is 0.199 e. The predicted octanol–water partition coefficient (Wildman–Crippen LogP) is 4.12. The van der Waals surface area contributed by atoms with Crippen molar-refractivity contribution in [2.24, 2.45) is 0 Å². The Kier molecular flexibility index (Phi) is 3.47. The van der Waals surface area contributed by atoms with Crippen LogP contribution in [0.15, 0.2) is 30.3 Å². The van der Waals surface area contributed by atoms with Gasteiger partial charge in [0.1, 0.15) is 11.6 Å². The molecule has 0 saturated carbocycles. The lowest BCUT2D eigenvalue weighted by Gasteiger charge is -2.10. The van der Waals surface area contributed by atoms with Gasteiger partial charge < -0.3 is 0 Å². The third kappa shape index (κ3) is 2.41. The maximum atomic E-state index is 13.6. The number of rotatable bonds is 2. The van der Waals surface area contributed by atoms with E-state index in [0.29, 0.717) is 5.56 Å². The van der Waals surface area contributed by atoms with Gasteiger partial charge in [0.2, 0.25) is 0 Å². The molecule has 98 valence electrons. The fraction of sp³-hybridized carbons (Fsp3) is 0.188. The summed E-state index contributed by atoms with van der Waals surface area (Å²) in [5.41, 5.74) is 2.53. The van der Waals surface area contributed by atoms with Crippen molar-refractivity contribution in [1.82, 2.24) is 0 Å². The average molecular weight is 260 g/mol. The molecule has 19 heavy (non-hydrogen) atoms. The SMILES string of the molecule is Cc1cc(C)c(C(=O)c2c(F)cccc2F)cc1C. The minimum Gasteiger partial charge on any atom is -0.288 e. The molecule has 1 nitrogen and oxygen atoms in total. The lowest BCUT2D eigenvalue weighted by Crippen LogP contribution is -2.09. The van der Waals surface area contributed by atoms with Crippen LogP contribution in [0, 0.1) is 32.4 Å². The van der Waals surface area contributed by atoms with Crippen molar-refractivity contribution in [2.45, 2.75) is 20.8 Å². The van der Waals surface area contributed by atoms with Crippen LogP contribution < -0.4 is 0 Å². The highest BCUT2D eigenvalue weighted by molar-refractivity contribution is 6.10. The number of halogens is 2. The monoisotopic (exact) mass is 260 g/mol. The number of hydrogen-bond acceptors (Lipinski definition) is 1. The van der Waals surface area contributed by atoms with Crippen molar-refractivity contribution in [1.29, 1.82) is 0 Å². The van der Waals surface area contributed by atoms with Crippen molar-refractivity contribution in [3.05, 3.63) is 69.8 Å². The first-order valence-electron chi connectivity index (χ1n) is 5.98. The van der Waals surface area contributed by atoms with Crippen molar-refractivity contribution < 1.29 is 13.6 Å². The molecule has 0 spiro atoms. The summed E-state index contributed by atoms with van der Waals surface area (Å²) in [5.74, 6) is -2.28. The first-order chi connectivity index (χ1) is 8.91. The van der Waals surface area contributed by atoms with Gasteiger partial charge in [0.15, 0.2) is 5.78 Å². The van der Waals surface area contributed by atoms with Crippen LogP contribution in [0.5, 0.6) is 0 Å². The van der Waals surface area contributed by atoms with Gasteiger partial charge in [-0.15, -0.1) is 0 Å². The summed E-state index contributed by atoms with van der Waals surface area (Å²) in [6.07, 6.45) is 0. The Labute approximate surface area is 110 Å². The number of ketones is 1. The molecule has 0 saturated heterocycles. The minimum atomic E-state index is -0.831. The highest BCUT2D eigenvalue weighted by Gasteiger charge is 2.20. The molecular formula is C16H14F2O. The Bertz CT molecular complexity index is 640. The Hall–Kier alpha value is -2.03. The summed E-state index contributed by atoms with van der Waals surface area (Å²) < 4.78 is 27.3. The quantitative estimate of drug-likeness (QED) is 0.742. The van der Waals surface area contributed by atoms with Gasteiger partial charge in [-0.25, -0.2) is 8.78 Å². The van der Waals surface area contributed by atoms with E-state index in [9.17, 15) is 13.6 Å². The number of benzene rings is 2. The molecule has 0 aromatic heterocycles. The highest BCUT2D eigenvalue weighted by Crippen LogP contribution is 2.22. The van der Waals surface area contributed by atoms with Gasteiger partial charge in [0.05, 0.1) is 5.56 Å². The number of aryl methyl sites for hydroxylation is 3. The second kappa shape index (κ2) is 4.92. The topological polar surface area (TPSA) is 17.1 Å². The second-order valence-corrected chi connectivity index (χ2v) is 4.68. The lowest BCUT2D eigenvalue weighted by molar-refractivity contribution is 0.103. The molecule has 0 N–H and O–H groups in total. The van der Waals surface area contributed by atoms with Gasteiger partial charge in [-0.3, -0.25) is 4.79 Å². The molecule has 0 heterocycles. The van der Waals surface area contributed by atoms with Crippen molar-refractivity contribution >= 4 is 5.78 Å². The zero-order chi connectivity index (χ0) is 14.2. The molecule has 2 aromatic carbocycles. The van der Waals surface area contributed by atoms with Crippen LogP contribution >= 0.6 is 0 Å². The molecule has 0 amide bonds. The number of carbonyl (C=O) groups excluding carboxylic acids is 1. The molecule has 0 unspecified atom stereocenters. The lowest BCUT2D eigenvalue weighted by atomic mass is 9.94. The fourth-order valence-corrected chi connectivity index (χ4v) is 2.05. The van der Waals surface area contributed by atoms with Gasteiger partial charge in [-0.1, -0.05) is 12.1 Å². The fourth-order valence-electron chi connectivity index (χ4n) is 2.05. The van der Waals surface area contributed by atoms with Crippen molar-refractivity contribution in [3.8, 4) is 0 Å². The highest BCUT2D eigenvalue weighted by atomic mass is 19.1. The van der Waals surface area contributed by atoms with E-state index >= 15 is 0 Å². The maximum Gasteiger partial charge on any atom is 0.199 e. The zero-order valence-electron chi connectivity index (χ0n) is 11.1. The summed E-state index contributed by atoms with van der Waals surface area (Å²) in [5, 5.41) is 0. The molecule has 0 fully saturated rings. The van der Waals surface area contributed by atoms with Crippen LogP contribution in [0.4, 0.5) is 8.78 Å². The summed E-state index contributed by atoms with van der Waals surface area (Å²) >= 11 is 0. The molecule has 0 aliphatic heterocycles. The number of carbonyl (C=O) groups is 1. The zero-order valence-corrected chi connectivity index (χ0v) is 11.1. The Morgan fingerprint density at radius 3 is 2.00 bits per heavy atom. The van der Waals surface area contributed by atoms with E-state index in [0.717, 1.165) is 28.8 Å².